The van der Waals surface area contributed by atoms with E-state index in [0.717, 1.165) is 10.7 Å². The Morgan fingerprint density at radius 3 is 3.05 bits per heavy atom. The summed E-state index contributed by atoms with van der Waals surface area (Å²) in [5.74, 6) is 0.414. The summed E-state index contributed by atoms with van der Waals surface area (Å²) < 4.78 is 10.4. The second-order valence-electron chi connectivity index (χ2n) is 4.54. The lowest BCUT2D eigenvalue weighted by Gasteiger charge is -2.08. The summed E-state index contributed by atoms with van der Waals surface area (Å²) in [7, 11) is 1.59. The SMILES string of the molecule is COCCNC(=O)[C@@H](C)Sc1nnc(Cc2csc(C)n2)o1. The van der Waals surface area contributed by atoms with Gasteiger partial charge in [0.15, 0.2) is 0 Å². The number of hydrogen-bond acceptors (Lipinski definition) is 8. The van der Waals surface area contributed by atoms with Crippen molar-refractivity contribution in [1.82, 2.24) is 20.5 Å². The van der Waals surface area contributed by atoms with Crippen LogP contribution < -0.4 is 5.32 Å². The Hall–Kier alpha value is -1.45. The standard InChI is InChI=1S/C13H18N4O3S2/c1-8(12(18)14-4-5-19-3)22-13-17-16-11(20-13)6-10-7-21-9(2)15-10/h7-8H,4-6H2,1-3H3,(H,14,18)/t8-/m1/s1. The normalized spacial score (nSPS) is 12.3. The maximum atomic E-state index is 11.8. The zero-order valence-corrected chi connectivity index (χ0v) is 14.3. The minimum Gasteiger partial charge on any atom is -0.416 e. The zero-order chi connectivity index (χ0) is 15.9. The molecule has 0 aliphatic rings. The third-order valence-electron chi connectivity index (χ3n) is 2.70. The maximum Gasteiger partial charge on any atom is 0.277 e. The predicted molar refractivity (Wildman–Crippen MR) is 84.2 cm³/mol. The molecule has 2 aromatic heterocycles. The minimum atomic E-state index is -0.313. The maximum absolute atomic E-state index is 11.8. The average Bonchev–Trinajstić information content (AvgIpc) is 3.08. The van der Waals surface area contributed by atoms with Crippen LogP contribution in [0.1, 0.15) is 23.5 Å². The van der Waals surface area contributed by atoms with E-state index in [1.807, 2.05) is 12.3 Å². The zero-order valence-electron chi connectivity index (χ0n) is 12.7. The van der Waals surface area contributed by atoms with Crippen LogP contribution in [0.25, 0.3) is 0 Å². The van der Waals surface area contributed by atoms with Crippen molar-refractivity contribution >= 4 is 29.0 Å². The Morgan fingerprint density at radius 1 is 1.55 bits per heavy atom. The van der Waals surface area contributed by atoms with Gasteiger partial charge in [0.1, 0.15) is 0 Å². The van der Waals surface area contributed by atoms with E-state index in [4.69, 9.17) is 9.15 Å². The molecular formula is C13H18N4O3S2. The molecule has 0 aliphatic carbocycles. The molecule has 0 unspecified atom stereocenters. The second-order valence-corrected chi connectivity index (χ2v) is 6.89. The molecule has 0 saturated carbocycles. The Bertz CT molecular complexity index is 614. The number of thioether (sulfide) groups is 1. The number of nitrogens with zero attached hydrogens (tertiary/aromatic N) is 3. The van der Waals surface area contributed by atoms with Gasteiger partial charge in [0, 0.05) is 19.0 Å². The Morgan fingerprint density at radius 2 is 2.36 bits per heavy atom. The van der Waals surface area contributed by atoms with Crippen molar-refractivity contribution in [1.29, 1.82) is 0 Å². The second kappa shape index (κ2) is 8.25. The number of carbonyl (C=O) groups excluding carboxylic acids is 1. The van der Waals surface area contributed by atoms with Crippen LogP contribution in [0.2, 0.25) is 0 Å². The summed E-state index contributed by atoms with van der Waals surface area (Å²) in [6.45, 7) is 4.72. The number of ether oxygens (including phenoxy) is 1. The van der Waals surface area contributed by atoms with Gasteiger partial charge in [-0.2, -0.15) is 0 Å². The Balaban J connectivity index is 1.84. The fourth-order valence-electron chi connectivity index (χ4n) is 1.63. The van der Waals surface area contributed by atoms with Crippen molar-refractivity contribution in [3.63, 3.8) is 0 Å². The first-order chi connectivity index (χ1) is 10.6. The molecule has 1 N–H and O–H groups in total. The third kappa shape index (κ3) is 5.08. The van der Waals surface area contributed by atoms with Gasteiger partial charge in [-0.1, -0.05) is 11.8 Å². The number of rotatable bonds is 8. The highest BCUT2D eigenvalue weighted by molar-refractivity contribution is 8.00. The molecule has 0 saturated heterocycles. The van der Waals surface area contributed by atoms with E-state index in [2.05, 4.69) is 20.5 Å². The highest BCUT2D eigenvalue weighted by Crippen LogP contribution is 2.22. The number of aryl methyl sites for hydroxylation is 1. The topological polar surface area (TPSA) is 90.1 Å². The van der Waals surface area contributed by atoms with E-state index in [9.17, 15) is 4.79 Å². The van der Waals surface area contributed by atoms with Gasteiger partial charge in [0.25, 0.3) is 5.22 Å². The first-order valence-corrected chi connectivity index (χ1v) is 8.51. The average molecular weight is 342 g/mol. The van der Waals surface area contributed by atoms with E-state index < -0.39 is 0 Å². The number of aromatic nitrogens is 3. The lowest BCUT2D eigenvalue weighted by atomic mass is 10.3. The monoisotopic (exact) mass is 342 g/mol. The molecule has 2 rings (SSSR count). The molecular weight excluding hydrogens is 324 g/mol. The van der Waals surface area contributed by atoms with E-state index in [1.165, 1.54) is 11.8 Å². The van der Waals surface area contributed by atoms with Crippen molar-refractivity contribution in [2.75, 3.05) is 20.3 Å². The Kier molecular flexibility index (Phi) is 6.34. The minimum absolute atomic E-state index is 0.0862. The first kappa shape index (κ1) is 16.9. The van der Waals surface area contributed by atoms with Crippen LogP contribution >= 0.6 is 23.1 Å². The first-order valence-electron chi connectivity index (χ1n) is 6.75. The molecule has 2 aromatic rings. The molecule has 0 fully saturated rings. The predicted octanol–water partition coefficient (Wildman–Crippen LogP) is 1.67. The highest BCUT2D eigenvalue weighted by atomic mass is 32.2. The quantitative estimate of drug-likeness (QED) is 0.576. The van der Waals surface area contributed by atoms with Crippen LogP contribution in [0.4, 0.5) is 0 Å². The van der Waals surface area contributed by atoms with E-state index in [-0.39, 0.29) is 11.2 Å². The van der Waals surface area contributed by atoms with Gasteiger partial charge >= 0.3 is 0 Å². The van der Waals surface area contributed by atoms with Gasteiger partial charge in [-0.15, -0.1) is 21.5 Å². The van der Waals surface area contributed by atoms with Crippen LogP contribution in [0.15, 0.2) is 15.0 Å². The van der Waals surface area contributed by atoms with Crippen molar-refractivity contribution in [2.45, 2.75) is 30.7 Å². The number of amides is 1. The lowest BCUT2D eigenvalue weighted by Crippen LogP contribution is -2.33. The van der Waals surface area contributed by atoms with Gasteiger partial charge < -0.3 is 14.5 Å². The highest BCUT2D eigenvalue weighted by Gasteiger charge is 2.18. The molecule has 7 nitrogen and oxygen atoms in total. The molecule has 22 heavy (non-hydrogen) atoms. The number of carbonyl (C=O) groups is 1. The summed E-state index contributed by atoms with van der Waals surface area (Å²) >= 11 is 2.82. The van der Waals surface area contributed by atoms with Crippen LogP contribution in [0.5, 0.6) is 0 Å². The lowest BCUT2D eigenvalue weighted by molar-refractivity contribution is -0.120. The van der Waals surface area contributed by atoms with E-state index in [0.29, 0.717) is 30.7 Å². The summed E-state index contributed by atoms with van der Waals surface area (Å²) in [6.07, 6.45) is 0.506. The largest absolute Gasteiger partial charge is 0.416 e. The number of thiazole rings is 1. The summed E-state index contributed by atoms with van der Waals surface area (Å²) in [5.41, 5.74) is 0.910. The van der Waals surface area contributed by atoms with Gasteiger partial charge in [-0.3, -0.25) is 4.79 Å². The molecule has 0 aliphatic heterocycles. The number of nitrogens with one attached hydrogen (secondary N) is 1. The van der Waals surface area contributed by atoms with Crippen LogP contribution in [0.3, 0.4) is 0 Å². The summed E-state index contributed by atoms with van der Waals surface area (Å²) in [6, 6.07) is 0. The molecule has 9 heteroatoms. The van der Waals surface area contributed by atoms with Gasteiger partial charge in [-0.05, 0) is 13.8 Å². The van der Waals surface area contributed by atoms with Crippen molar-refractivity contribution in [3.05, 3.63) is 22.0 Å². The third-order valence-corrected chi connectivity index (χ3v) is 4.46. The Labute approximate surface area is 136 Å². The molecule has 0 spiro atoms. The molecule has 0 radical (unpaired) electrons. The van der Waals surface area contributed by atoms with E-state index >= 15 is 0 Å². The van der Waals surface area contributed by atoms with Crippen molar-refractivity contribution < 1.29 is 13.9 Å². The summed E-state index contributed by atoms with van der Waals surface area (Å²) in [4.78, 5) is 16.2. The van der Waals surface area contributed by atoms with Gasteiger partial charge in [-0.25, -0.2) is 4.98 Å². The number of hydrogen-bond donors (Lipinski definition) is 1. The van der Waals surface area contributed by atoms with Gasteiger partial charge in [0.2, 0.25) is 11.8 Å². The van der Waals surface area contributed by atoms with Crippen molar-refractivity contribution in [3.8, 4) is 0 Å². The summed E-state index contributed by atoms with van der Waals surface area (Å²) in [5, 5.41) is 13.8. The molecule has 120 valence electrons. The van der Waals surface area contributed by atoms with Gasteiger partial charge in [0.05, 0.1) is 29.0 Å². The molecule has 1 amide bonds. The molecule has 2 heterocycles. The van der Waals surface area contributed by atoms with Crippen molar-refractivity contribution in [2.24, 2.45) is 0 Å². The van der Waals surface area contributed by atoms with Crippen LogP contribution in [-0.4, -0.2) is 46.6 Å². The molecule has 0 bridgehead atoms. The van der Waals surface area contributed by atoms with E-state index in [1.54, 1.807) is 25.4 Å². The number of methoxy groups -OCH3 is 1. The fraction of sp³-hybridized carbons (Fsp3) is 0.538. The molecule has 0 aromatic carbocycles. The smallest absolute Gasteiger partial charge is 0.277 e. The van der Waals surface area contributed by atoms with Crippen LogP contribution in [-0.2, 0) is 16.0 Å². The van der Waals surface area contributed by atoms with Crippen LogP contribution in [0, 0.1) is 6.92 Å². The molecule has 1 atom stereocenters. The fourth-order valence-corrected chi connectivity index (χ4v) is 2.96.